The highest BCUT2D eigenvalue weighted by Crippen LogP contribution is 2.34. The van der Waals surface area contributed by atoms with Gasteiger partial charge in [-0.15, -0.1) is 13.2 Å². The summed E-state index contributed by atoms with van der Waals surface area (Å²) in [6.07, 6.45) is -2.31. The molecule has 0 amide bonds. The minimum absolute atomic E-state index is 0.0789. The van der Waals surface area contributed by atoms with E-state index < -0.39 is 22.7 Å². The zero-order valence-corrected chi connectivity index (χ0v) is 14.9. The Morgan fingerprint density at radius 2 is 1.69 bits per heavy atom. The van der Waals surface area contributed by atoms with Gasteiger partial charge in [-0.25, -0.2) is 15.0 Å². The number of benzene rings is 1. The molecule has 0 atom stereocenters. The number of hydrogen-bond acceptors (Lipinski definition) is 8. The number of alkyl halides is 3. The molecule has 1 aromatic carbocycles. The number of hydrogen-bond donors (Lipinski definition) is 2. The molecule has 0 spiro atoms. The topological polar surface area (TPSA) is 115 Å². The Morgan fingerprint density at radius 1 is 1.03 bits per heavy atom. The summed E-state index contributed by atoms with van der Waals surface area (Å²) < 4.78 is 40.5. The Morgan fingerprint density at radius 3 is 2.28 bits per heavy atom. The molecule has 13 heteroatoms. The lowest BCUT2D eigenvalue weighted by atomic mass is 10.3. The molecule has 2 aromatic heterocycles. The van der Waals surface area contributed by atoms with Crippen molar-refractivity contribution < 1.29 is 22.8 Å². The summed E-state index contributed by atoms with van der Waals surface area (Å²) in [6.45, 7) is 0. The van der Waals surface area contributed by atoms with Gasteiger partial charge in [-0.2, -0.15) is 0 Å². The molecule has 9 nitrogen and oxygen atoms in total. The fourth-order valence-electron chi connectivity index (χ4n) is 2.22. The van der Waals surface area contributed by atoms with Crippen LogP contribution in [0.5, 0.6) is 5.75 Å². The Hall–Kier alpha value is -3.67. The third-order valence-electron chi connectivity index (χ3n) is 3.37. The second-order valence-electron chi connectivity index (χ2n) is 5.34. The van der Waals surface area contributed by atoms with E-state index in [4.69, 9.17) is 11.6 Å². The average Bonchev–Trinajstić information content (AvgIpc) is 2.64. The van der Waals surface area contributed by atoms with Crippen molar-refractivity contribution in [3.05, 3.63) is 64.2 Å². The molecule has 2 heterocycles. The van der Waals surface area contributed by atoms with Crippen molar-refractivity contribution in [2.45, 2.75) is 6.36 Å². The molecule has 0 aliphatic rings. The molecule has 0 saturated heterocycles. The molecule has 2 N–H and O–H groups in total. The first-order valence-electron chi connectivity index (χ1n) is 7.73. The van der Waals surface area contributed by atoms with Crippen LogP contribution in [0.1, 0.15) is 0 Å². The summed E-state index contributed by atoms with van der Waals surface area (Å²) in [5, 5.41) is 17.0. The lowest BCUT2D eigenvalue weighted by Gasteiger charge is -2.12. The molecule has 3 rings (SSSR count). The quantitative estimate of drug-likeness (QED) is 0.327. The van der Waals surface area contributed by atoms with Crippen LogP contribution in [-0.2, 0) is 0 Å². The maximum atomic E-state index is 12.2. The molecule has 150 valence electrons. The monoisotopic (exact) mass is 426 g/mol. The lowest BCUT2D eigenvalue weighted by Crippen LogP contribution is -2.17. The van der Waals surface area contributed by atoms with Crippen LogP contribution in [0.2, 0.25) is 5.15 Å². The van der Waals surface area contributed by atoms with Crippen LogP contribution in [0, 0.1) is 10.1 Å². The lowest BCUT2D eigenvalue weighted by molar-refractivity contribution is -0.383. The number of rotatable bonds is 6. The van der Waals surface area contributed by atoms with Crippen LogP contribution in [0.25, 0.3) is 0 Å². The van der Waals surface area contributed by atoms with Crippen molar-refractivity contribution in [3.8, 4) is 5.75 Å². The molecule has 0 fully saturated rings. The molecule has 0 radical (unpaired) electrons. The standard InChI is InChI=1S/C16H10ClF3N6O3/c17-13-11(2-1-7-21-13)25-15-12(26(27)28)14(22-8-23-15)24-9-3-5-10(6-4-9)29-16(18,19)20/h1-8H,(H2,22,23,24,25). The number of aromatic nitrogens is 3. The van der Waals surface area contributed by atoms with Crippen molar-refractivity contribution in [1.82, 2.24) is 15.0 Å². The van der Waals surface area contributed by atoms with Gasteiger partial charge in [-0.1, -0.05) is 11.6 Å². The van der Waals surface area contributed by atoms with E-state index in [9.17, 15) is 23.3 Å². The molecule has 29 heavy (non-hydrogen) atoms. The van der Waals surface area contributed by atoms with Gasteiger partial charge in [0.1, 0.15) is 12.1 Å². The Balaban J connectivity index is 1.88. The van der Waals surface area contributed by atoms with Crippen LogP contribution < -0.4 is 15.4 Å². The maximum absolute atomic E-state index is 12.2. The average molecular weight is 427 g/mol. The van der Waals surface area contributed by atoms with Crippen LogP contribution in [0.3, 0.4) is 0 Å². The van der Waals surface area contributed by atoms with Gasteiger partial charge in [0.25, 0.3) is 0 Å². The molecule has 0 aliphatic heterocycles. The van der Waals surface area contributed by atoms with E-state index in [0.717, 1.165) is 18.5 Å². The number of nitrogens with zero attached hydrogens (tertiary/aromatic N) is 4. The molecule has 0 bridgehead atoms. The van der Waals surface area contributed by atoms with Crippen LogP contribution in [-0.4, -0.2) is 26.2 Å². The smallest absolute Gasteiger partial charge is 0.406 e. The van der Waals surface area contributed by atoms with Gasteiger partial charge in [-0.3, -0.25) is 10.1 Å². The third kappa shape index (κ3) is 5.19. The first-order chi connectivity index (χ1) is 13.7. The van der Waals surface area contributed by atoms with Gasteiger partial charge in [0.2, 0.25) is 11.6 Å². The number of halogens is 4. The second-order valence-corrected chi connectivity index (χ2v) is 5.70. The van der Waals surface area contributed by atoms with E-state index in [1.807, 2.05) is 0 Å². The molecule has 3 aromatic rings. The summed E-state index contributed by atoms with van der Waals surface area (Å²) in [6, 6.07) is 7.73. The number of pyridine rings is 1. The summed E-state index contributed by atoms with van der Waals surface area (Å²) >= 11 is 5.94. The van der Waals surface area contributed by atoms with E-state index in [1.165, 1.54) is 18.3 Å². The van der Waals surface area contributed by atoms with E-state index in [-0.39, 0.29) is 28.2 Å². The number of nitro groups is 1. The maximum Gasteiger partial charge on any atom is 0.573 e. The summed E-state index contributed by atoms with van der Waals surface area (Å²) in [4.78, 5) is 22.4. The van der Waals surface area contributed by atoms with Gasteiger partial charge in [-0.05, 0) is 36.4 Å². The van der Waals surface area contributed by atoms with Gasteiger partial charge in [0.15, 0.2) is 5.15 Å². The SMILES string of the molecule is O=[N+]([O-])c1c(Nc2ccc(OC(F)(F)F)cc2)ncnc1Nc1cccnc1Cl. The molecular formula is C16H10ClF3N6O3. The van der Waals surface area contributed by atoms with E-state index in [2.05, 4.69) is 30.3 Å². The Labute approximate surface area is 165 Å². The van der Waals surface area contributed by atoms with E-state index in [1.54, 1.807) is 12.1 Å². The number of ether oxygens (including phenoxy) is 1. The van der Waals surface area contributed by atoms with Gasteiger partial charge in [0, 0.05) is 11.9 Å². The first-order valence-corrected chi connectivity index (χ1v) is 8.10. The molecular weight excluding hydrogens is 417 g/mol. The molecule has 0 aliphatic carbocycles. The van der Waals surface area contributed by atoms with Crippen molar-refractivity contribution in [2.24, 2.45) is 0 Å². The van der Waals surface area contributed by atoms with Gasteiger partial charge in [0.05, 0.1) is 10.6 Å². The molecule has 0 unspecified atom stereocenters. The Bertz CT molecular complexity index is 1030. The summed E-state index contributed by atoms with van der Waals surface area (Å²) in [7, 11) is 0. The summed E-state index contributed by atoms with van der Waals surface area (Å²) in [5.41, 5.74) is 0.0327. The third-order valence-corrected chi connectivity index (χ3v) is 3.67. The van der Waals surface area contributed by atoms with Crippen molar-refractivity contribution in [1.29, 1.82) is 0 Å². The highest BCUT2D eigenvalue weighted by molar-refractivity contribution is 6.32. The highest BCUT2D eigenvalue weighted by Gasteiger charge is 2.31. The van der Waals surface area contributed by atoms with Gasteiger partial charge >= 0.3 is 12.0 Å². The number of anilines is 4. The van der Waals surface area contributed by atoms with E-state index >= 15 is 0 Å². The van der Waals surface area contributed by atoms with Crippen LogP contribution in [0.4, 0.5) is 41.9 Å². The Kier molecular flexibility index (Phi) is 5.64. The zero-order chi connectivity index (χ0) is 21.0. The van der Waals surface area contributed by atoms with Crippen LogP contribution in [0.15, 0.2) is 48.9 Å². The number of nitrogens with one attached hydrogen (secondary N) is 2. The van der Waals surface area contributed by atoms with Crippen molar-refractivity contribution in [3.63, 3.8) is 0 Å². The zero-order valence-electron chi connectivity index (χ0n) is 14.1. The highest BCUT2D eigenvalue weighted by atomic mass is 35.5. The predicted molar refractivity (Wildman–Crippen MR) is 97.6 cm³/mol. The minimum Gasteiger partial charge on any atom is -0.406 e. The minimum atomic E-state index is -4.82. The van der Waals surface area contributed by atoms with Crippen LogP contribution >= 0.6 is 11.6 Å². The van der Waals surface area contributed by atoms with Crippen molar-refractivity contribution in [2.75, 3.05) is 10.6 Å². The normalized spacial score (nSPS) is 11.0. The fourth-order valence-corrected chi connectivity index (χ4v) is 2.38. The first kappa shape index (κ1) is 20.1. The van der Waals surface area contributed by atoms with Gasteiger partial charge < -0.3 is 15.4 Å². The second kappa shape index (κ2) is 8.14. The largest absolute Gasteiger partial charge is 0.573 e. The molecule has 0 saturated carbocycles. The summed E-state index contributed by atoms with van der Waals surface area (Å²) in [5.74, 6) is -0.773. The predicted octanol–water partition coefficient (Wildman–Crippen LogP) is 4.82. The fraction of sp³-hybridized carbons (Fsp3) is 0.0625. The van der Waals surface area contributed by atoms with E-state index in [0.29, 0.717) is 0 Å². The van der Waals surface area contributed by atoms with Crippen molar-refractivity contribution >= 4 is 40.3 Å².